The van der Waals surface area contributed by atoms with Gasteiger partial charge in [0.25, 0.3) is 0 Å². The highest BCUT2D eigenvalue weighted by Crippen LogP contribution is 2.10. The van der Waals surface area contributed by atoms with Gasteiger partial charge in [0.15, 0.2) is 0 Å². The molecule has 0 saturated carbocycles. The van der Waals surface area contributed by atoms with Crippen LogP contribution in [0.2, 0.25) is 0 Å². The highest BCUT2D eigenvalue weighted by Gasteiger charge is 2.20. The maximum absolute atomic E-state index is 8.47. The van der Waals surface area contributed by atoms with Crippen LogP contribution >= 0.6 is 0 Å². The molecule has 0 aliphatic carbocycles. The number of aliphatic hydroxyl groups excluding tert-OH is 3. The van der Waals surface area contributed by atoms with Crippen LogP contribution in [0.3, 0.4) is 0 Å². The molecule has 0 fully saturated rings. The van der Waals surface area contributed by atoms with Gasteiger partial charge in [0.05, 0.1) is 19.8 Å². The Hall–Kier alpha value is -0.175. The van der Waals surface area contributed by atoms with E-state index in [0.29, 0.717) is 0 Å². The monoisotopic (exact) mass is 182 g/mol. The van der Waals surface area contributed by atoms with Crippen LogP contribution in [0, 0.1) is 5.41 Å². The van der Waals surface area contributed by atoms with Crippen molar-refractivity contribution in [1.29, 1.82) is 0 Å². The molecule has 0 aliphatic heterocycles. The third kappa shape index (κ3) is 9.82. The summed E-state index contributed by atoms with van der Waals surface area (Å²) in [5, 5.41) is 46.9. The quantitative estimate of drug-likeness (QED) is 0.257. The Morgan fingerprint density at radius 2 is 1.08 bits per heavy atom. The van der Waals surface area contributed by atoms with E-state index in [-0.39, 0.29) is 19.8 Å². The standard InChI is InChI=1S/C5H12O3.BH3O3/c1-5(2-6,3-7)4-8;2-1(3)4/h6-8H,2-4H2,1H3;2-4H. The molecule has 6 nitrogen and oxygen atoms in total. The first kappa shape index (κ1) is 14.4. The number of rotatable bonds is 3. The SMILES string of the molecule is CC(CO)(CO)CO.OB(O)O. The van der Waals surface area contributed by atoms with Crippen molar-refractivity contribution >= 4 is 7.32 Å². The van der Waals surface area contributed by atoms with Crippen molar-refractivity contribution in [3.05, 3.63) is 0 Å². The first-order chi connectivity index (χ1) is 5.41. The van der Waals surface area contributed by atoms with Gasteiger partial charge in [-0.1, -0.05) is 6.92 Å². The first-order valence-electron chi connectivity index (χ1n) is 3.28. The summed E-state index contributed by atoms with van der Waals surface area (Å²) in [5.74, 6) is 0. The largest absolute Gasteiger partial charge is 0.631 e. The fourth-order valence-corrected chi connectivity index (χ4v) is 0.150. The van der Waals surface area contributed by atoms with Crippen LogP contribution in [0.25, 0.3) is 0 Å². The van der Waals surface area contributed by atoms with Gasteiger partial charge in [-0.25, -0.2) is 0 Å². The molecule has 0 aromatic carbocycles. The van der Waals surface area contributed by atoms with Gasteiger partial charge >= 0.3 is 7.32 Å². The summed E-state index contributed by atoms with van der Waals surface area (Å²) in [4.78, 5) is 0. The van der Waals surface area contributed by atoms with E-state index in [2.05, 4.69) is 0 Å². The van der Waals surface area contributed by atoms with E-state index in [4.69, 9.17) is 30.4 Å². The highest BCUT2D eigenvalue weighted by molar-refractivity contribution is 6.30. The molecule has 0 aromatic rings. The van der Waals surface area contributed by atoms with Crippen molar-refractivity contribution in [3.8, 4) is 0 Å². The van der Waals surface area contributed by atoms with Gasteiger partial charge in [-0.15, -0.1) is 0 Å². The van der Waals surface area contributed by atoms with Gasteiger partial charge in [0, 0.05) is 5.41 Å². The Kier molecular flexibility index (Phi) is 8.94. The first-order valence-corrected chi connectivity index (χ1v) is 3.28. The van der Waals surface area contributed by atoms with Crippen molar-refractivity contribution in [2.45, 2.75) is 6.92 Å². The van der Waals surface area contributed by atoms with Crippen LogP contribution in [0.15, 0.2) is 0 Å². The van der Waals surface area contributed by atoms with Crippen LogP contribution in [0.4, 0.5) is 0 Å². The zero-order chi connectivity index (χ0) is 10.2. The number of hydrogen-bond acceptors (Lipinski definition) is 6. The second-order valence-corrected chi connectivity index (χ2v) is 2.63. The maximum Gasteiger partial charge on any atom is 0.631 e. The molecule has 0 aromatic heterocycles. The molecule has 12 heavy (non-hydrogen) atoms. The zero-order valence-corrected chi connectivity index (χ0v) is 6.88. The Labute approximate surface area is 70.9 Å². The van der Waals surface area contributed by atoms with Gasteiger partial charge < -0.3 is 30.4 Å². The lowest BCUT2D eigenvalue weighted by atomic mass is 9.95. The Balaban J connectivity index is 0. The summed E-state index contributed by atoms with van der Waals surface area (Å²) in [7, 11) is -2.17. The fourth-order valence-electron chi connectivity index (χ4n) is 0.150. The lowest BCUT2D eigenvalue weighted by molar-refractivity contribution is 0.0200. The van der Waals surface area contributed by atoms with Crippen LogP contribution < -0.4 is 0 Å². The van der Waals surface area contributed by atoms with Crippen molar-refractivity contribution < 1.29 is 30.4 Å². The van der Waals surface area contributed by atoms with Crippen LogP contribution in [0.5, 0.6) is 0 Å². The second-order valence-electron chi connectivity index (χ2n) is 2.63. The summed E-state index contributed by atoms with van der Waals surface area (Å²) in [6, 6.07) is 0. The third-order valence-electron chi connectivity index (χ3n) is 1.15. The van der Waals surface area contributed by atoms with Crippen molar-refractivity contribution in [2.24, 2.45) is 5.41 Å². The predicted molar refractivity (Wildman–Crippen MR) is 41.8 cm³/mol. The number of aliphatic hydroxyl groups is 3. The van der Waals surface area contributed by atoms with Crippen LogP contribution in [0.1, 0.15) is 6.92 Å². The number of hydrogen-bond donors (Lipinski definition) is 6. The third-order valence-corrected chi connectivity index (χ3v) is 1.15. The smallest absolute Gasteiger partial charge is 0.402 e. The van der Waals surface area contributed by atoms with E-state index < -0.39 is 12.7 Å². The topological polar surface area (TPSA) is 121 Å². The lowest BCUT2D eigenvalue weighted by Gasteiger charge is -2.20. The van der Waals surface area contributed by atoms with Crippen molar-refractivity contribution in [3.63, 3.8) is 0 Å². The Morgan fingerprint density at radius 1 is 0.917 bits per heavy atom. The molecular weight excluding hydrogens is 167 g/mol. The van der Waals surface area contributed by atoms with Crippen LogP contribution in [-0.2, 0) is 0 Å². The van der Waals surface area contributed by atoms with Crippen molar-refractivity contribution in [1.82, 2.24) is 0 Å². The van der Waals surface area contributed by atoms with E-state index in [1.165, 1.54) is 0 Å². The van der Waals surface area contributed by atoms with E-state index in [9.17, 15) is 0 Å². The molecule has 6 N–H and O–H groups in total. The van der Waals surface area contributed by atoms with E-state index >= 15 is 0 Å². The molecule has 0 amide bonds. The summed E-state index contributed by atoms with van der Waals surface area (Å²) >= 11 is 0. The van der Waals surface area contributed by atoms with Crippen molar-refractivity contribution in [2.75, 3.05) is 19.8 Å². The zero-order valence-electron chi connectivity index (χ0n) is 6.88. The van der Waals surface area contributed by atoms with Gasteiger partial charge in [0.1, 0.15) is 0 Å². The molecule has 0 radical (unpaired) electrons. The van der Waals surface area contributed by atoms with E-state index in [0.717, 1.165) is 0 Å². The van der Waals surface area contributed by atoms with E-state index in [1.807, 2.05) is 0 Å². The molecule has 0 rings (SSSR count). The molecule has 0 unspecified atom stereocenters. The molecule has 0 atom stereocenters. The second kappa shape index (κ2) is 7.47. The fraction of sp³-hybridized carbons (Fsp3) is 1.00. The molecule has 0 heterocycles. The Morgan fingerprint density at radius 3 is 1.08 bits per heavy atom. The molecule has 0 aliphatic rings. The summed E-state index contributed by atoms with van der Waals surface area (Å²) < 4.78 is 0. The average molecular weight is 182 g/mol. The van der Waals surface area contributed by atoms with Gasteiger partial charge in [-0.3, -0.25) is 0 Å². The molecule has 74 valence electrons. The van der Waals surface area contributed by atoms with E-state index in [1.54, 1.807) is 6.92 Å². The Bertz CT molecular complexity index is 82.9. The highest BCUT2D eigenvalue weighted by atomic mass is 16.5. The molecule has 7 heteroatoms. The predicted octanol–water partition coefficient (Wildman–Crippen LogP) is -3.08. The summed E-state index contributed by atoms with van der Waals surface area (Å²) in [6.45, 7) is 1.06. The molecule has 0 spiro atoms. The van der Waals surface area contributed by atoms with Crippen LogP contribution in [-0.4, -0.2) is 57.5 Å². The minimum atomic E-state index is -2.17. The van der Waals surface area contributed by atoms with Gasteiger partial charge in [0.2, 0.25) is 0 Å². The molecule has 0 saturated heterocycles. The molecule has 0 bridgehead atoms. The lowest BCUT2D eigenvalue weighted by Crippen LogP contribution is -2.29. The van der Waals surface area contributed by atoms with Gasteiger partial charge in [-0.05, 0) is 0 Å². The maximum atomic E-state index is 8.47. The minimum absolute atomic E-state index is 0.181. The summed E-state index contributed by atoms with van der Waals surface area (Å²) in [6.07, 6.45) is 0. The normalized spacial score (nSPS) is 10.2. The average Bonchev–Trinajstić information content (AvgIpc) is 2.02. The molecular formula is C5H15BO6. The summed E-state index contributed by atoms with van der Waals surface area (Å²) in [5.41, 5.74) is -0.708. The van der Waals surface area contributed by atoms with Gasteiger partial charge in [-0.2, -0.15) is 0 Å². The minimum Gasteiger partial charge on any atom is -0.402 e.